The lowest BCUT2D eigenvalue weighted by Crippen LogP contribution is -2.45. The molecule has 1 N–H and O–H groups in total. The lowest BCUT2D eigenvalue weighted by molar-refractivity contribution is 0.180. The number of rotatable bonds is 5. The lowest BCUT2D eigenvalue weighted by Gasteiger charge is -2.31. The molecule has 0 bridgehead atoms. The van der Waals surface area contributed by atoms with E-state index in [0.29, 0.717) is 5.92 Å². The molecule has 0 radical (unpaired) electrons. The second kappa shape index (κ2) is 10.6. The molecule has 2 rings (SSSR count). The van der Waals surface area contributed by atoms with Crippen molar-refractivity contribution in [2.24, 2.45) is 16.8 Å². The largest absolute Gasteiger partial charge is 0.381 e. The van der Waals surface area contributed by atoms with Gasteiger partial charge >= 0.3 is 0 Å². The van der Waals surface area contributed by atoms with Crippen LogP contribution in [0.4, 0.5) is 0 Å². The standard InChI is InChI=1S/C16H32N4O.HI/c1-14-4-8-20(9-5-14)10-7-18-16(17-2)19(3)12-15-6-11-21-13-15;/h14-15H,4-13H2,1-3H3,(H,17,18);1H. The Morgan fingerprint density at radius 1 is 1.32 bits per heavy atom. The molecule has 0 saturated carbocycles. The van der Waals surface area contributed by atoms with E-state index in [0.717, 1.165) is 44.7 Å². The van der Waals surface area contributed by atoms with Crippen molar-refractivity contribution in [1.29, 1.82) is 0 Å². The monoisotopic (exact) mass is 424 g/mol. The maximum Gasteiger partial charge on any atom is 0.193 e. The summed E-state index contributed by atoms with van der Waals surface area (Å²) in [6, 6.07) is 0. The molecule has 2 fully saturated rings. The number of likely N-dealkylation sites (tertiary alicyclic amines) is 1. The molecule has 1 atom stereocenters. The van der Waals surface area contributed by atoms with Crippen molar-refractivity contribution in [3.63, 3.8) is 0 Å². The van der Waals surface area contributed by atoms with Gasteiger partial charge in [-0.25, -0.2) is 0 Å². The lowest BCUT2D eigenvalue weighted by atomic mass is 9.99. The van der Waals surface area contributed by atoms with Crippen LogP contribution in [-0.4, -0.2) is 75.8 Å². The van der Waals surface area contributed by atoms with E-state index in [1.165, 1.54) is 32.4 Å². The number of ether oxygens (including phenoxy) is 1. The highest BCUT2D eigenvalue weighted by Crippen LogP contribution is 2.15. The van der Waals surface area contributed by atoms with Gasteiger partial charge in [-0.3, -0.25) is 4.99 Å². The van der Waals surface area contributed by atoms with Crippen LogP contribution < -0.4 is 5.32 Å². The molecule has 0 aliphatic carbocycles. The topological polar surface area (TPSA) is 40.1 Å². The molecule has 130 valence electrons. The van der Waals surface area contributed by atoms with Gasteiger partial charge in [0, 0.05) is 46.3 Å². The number of aliphatic imine (C=N–C) groups is 1. The second-order valence-corrected chi connectivity index (χ2v) is 6.61. The predicted octanol–water partition coefficient (Wildman–Crippen LogP) is 1.88. The maximum absolute atomic E-state index is 5.45. The molecule has 6 heteroatoms. The third-order valence-electron chi connectivity index (χ3n) is 4.72. The van der Waals surface area contributed by atoms with Gasteiger partial charge in [0.1, 0.15) is 0 Å². The summed E-state index contributed by atoms with van der Waals surface area (Å²) >= 11 is 0. The van der Waals surface area contributed by atoms with E-state index in [9.17, 15) is 0 Å². The van der Waals surface area contributed by atoms with E-state index in [1.807, 2.05) is 7.05 Å². The number of halogens is 1. The Kier molecular flexibility index (Phi) is 9.66. The van der Waals surface area contributed by atoms with Gasteiger partial charge in [-0.15, -0.1) is 24.0 Å². The van der Waals surface area contributed by atoms with Crippen LogP contribution in [0.15, 0.2) is 4.99 Å². The number of piperidine rings is 1. The first-order valence-electron chi connectivity index (χ1n) is 8.41. The average Bonchev–Trinajstić information content (AvgIpc) is 2.98. The summed E-state index contributed by atoms with van der Waals surface area (Å²) in [4.78, 5) is 9.19. The summed E-state index contributed by atoms with van der Waals surface area (Å²) in [7, 11) is 3.99. The Labute approximate surface area is 152 Å². The van der Waals surface area contributed by atoms with Crippen LogP contribution in [-0.2, 0) is 4.74 Å². The van der Waals surface area contributed by atoms with E-state index in [1.54, 1.807) is 0 Å². The fourth-order valence-corrected chi connectivity index (χ4v) is 3.20. The fourth-order valence-electron chi connectivity index (χ4n) is 3.20. The Hall–Kier alpha value is -0.0800. The molecule has 2 saturated heterocycles. The van der Waals surface area contributed by atoms with Crippen LogP contribution in [0, 0.1) is 11.8 Å². The van der Waals surface area contributed by atoms with Gasteiger partial charge in [-0.05, 0) is 38.3 Å². The summed E-state index contributed by atoms with van der Waals surface area (Å²) in [6.45, 7) is 9.79. The summed E-state index contributed by atoms with van der Waals surface area (Å²) < 4.78 is 5.45. The Bertz CT molecular complexity index is 326. The van der Waals surface area contributed by atoms with Crippen LogP contribution in [0.1, 0.15) is 26.2 Å². The normalized spacial score (nSPS) is 24.1. The minimum atomic E-state index is 0. The molecule has 1 unspecified atom stereocenters. The van der Waals surface area contributed by atoms with Gasteiger partial charge in [-0.2, -0.15) is 0 Å². The first kappa shape index (κ1) is 20.0. The third kappa shape index (κ3) is 6.58. The predicted molar refractivity (Wildman–Crippen MR) is 103 cm³/mol. The van der Waals surface area contributed by atoms with Gasteiger partial charge in [-0.1, -0.05) is 6.92 Å². The second-order valence-electron chi connectivity index (χ2n) is 6.61. The molecule has 2 aliphatic heterocycles. The van der Waals surface area contributed by atoms with E-state index >= 15 is 0 Å². The Balaban J connectivity index is 0.00000242. The molecular formula is C16H33IN4O. The quantitative estimate of drug-likeness (QED) is 0.416. The molecule has 2 heterocycles. The molecular weight excluding hydrogens is 391 g/mol. The molecule has 0 aromatic rings. The molecule has 5 nitrogen and oxygen atoms in total. The summed E-state index contributed by atoms with van der Waals surface area (Å²) in [5.74, 6) is 2.56. The van der Waals surface area contributed by atoms with Crippen molar-refractivity contribution in [3.8, 4) is 0 Å². The van der Waals surface area contributed by atoms with Crippen molar-refractivity contribution in [2.45, 2.75) is 26.2 Å². The molecule has 0 aromatic carbocycles. The minimum absolute atomic E-state index is 0. The van der Waals surface area contributed by atoms with Crippen LogP contribution in [0.3, 0.4) is 0 Å². The van der Waals surface area contributed by atoms with Crippen LogP contribution >= 0.6 is 24.0 Å². The highest BCUT2D eigenvalue weighted by Gasteiger charge is 2.19. The maximum atomic E-state index is 5.45. The zero-order chi connectivity index (χ0) is 15.1. The van der Waals surface area contributed by atoms with Gasteiger partial charge in [0.25, 0.3) is 0 Å². The first-order valence-corrected chi connectivity index (χ1v) is 8.41. The number of hydrogen-bond acceptors (Lipinski definition) is 3. The molecule has 0 aromatic heterocycles. The van der Waals surface area contributed by atoms with Gasteiger partial charge < -0.3 is 19.9 Å². The number of nitrogens with one attached hydrogen (secondary N) is 1. The van der Waals surface area contributed by atoms with Crippen molar-refractivity contribution in [3.05, 3.63) is 0 Å². The minimum Gasteiger partial charge on any atom is -0.381 e. The summed E-state index contributed by atoms with van der Waals surface area (Å²) in [5.41, 5.74) is 0. The van der Waals surface area contributed by atoms with Crippen molar-refractivity contribution < 1.29 is 4.74 Å². The zero-order valence-corrected chi connectivity index (χ0v) is 16.7. The van der Waals surface area contributed by atoms with Crippen LogP contribution in [0.25, 0.3) is 0 Å². The van der Waals surface area contributed by atoms with Crippen LogP contribution in [0.5, 0.6) is 0 Å². The fraction of sp³-hybridized carbons (Fsp3) is 0.938. The molecule has 0 amide bonds. The third-order valence-corrected chi connectivity index (χ3v) is 4.72. The smallest absolute Gasteiger partial charge is 0.193 e. The Morgan fingerprint density at radius 3 is 2.64 bits per heavy atom. The Morgan fingerprint density at radius 2 is 2.05 bits per heavy atom. The van der Waals surface area contributed by atoms with Crippen molar-refractivity contribution in [1.82, 2.24) is 15.1 Å². The van der Waals surface area contributed by atoms with Gasteiger partial charge in [0.05, 0.1) is 6.61 Å². The highest BCUT2D eigenvalue weighted by molar-refractivity contribution is 14.0. The molecule has 22 heavy (non-hydrogen) atoms. The van der Waals surface area contributed by atoms with E-state index in [-0.39, 0.29) is 24.0 Å². The van der Waals surface area contributed by atoms with E-state index in [2.05, 4.69) is 34.1 Å². The number of hydrogen-bond donors (Lipinski definition) is 1. The van der Waals surface area contributed by atoms with Gasteiger partial charge in [0.15, 0.2) is 5.96 Å². The van der Waals surface area contributed by atoms with Gasteiger partial charge in [0.2, 0.25) is 0 Å². The van der Waals surface area contributed by atoms with Crippen molar-refractivity contribution in [2.75, 3.05) is 60.0 Å². The molecule has 0 spiro atoms. The van der Waals surface area contributed by atoms with E-state index in [4.69, 9.17) is 4.74 Å². The van der Waals surface area contributed by atoms with Crippen molar-refractivity contribution >= 4 is 29.9 Å². The highest BCUT2D eigenvalue weighted by atomic mass is 127. The number of nitrogens with zero attached hydrogens (tertiary/aromatic N) is 3. The zero-order valence-electron chi connectivity index (χ0n) is 14.4. The number of guanidine groups is 1. The molecule has 2 aliphatic rings. The first-order chi connectivity index (χ1) is 10.2. The van der Waals surface area contributed by atoms with Crippen LogP contribution in [0.2, 0.25) is 0 Å². The summed E-state index contributed by atoms with van der Waals surface area (Å²) in [5, 5.41) is 3.50. The van der Waals surface area contributed by atoms with E-state index < -0.39 is 0 Å². The SMILES string of the molecule is CN=C(NCCN1CCC(C)CC1)N(C)CC1CCOC1.I. The average molecular weight is 424 g/mol. The summed E-state index contributed by atoms with van der Waals surface area (Å²) in [6.07, 6.45) is 3.86.